The molecular formula is C21H18O8. The van der Waals surface area contributed by atoms with Crippen molar-refractivity contribution in [2.24, 2.45) is 0 Å². The SMILES string of the molecule is COc1cccc2c1C(=O)c1c(O)c3c(c(O)c1C2=O)C[C@](O)(C(=O)CO)CC3. The van der Waals surface area contributed by atoms with Crippen LogP contribution in [0, 0.1) is 0 Å². The zero-order valence-electron chi connectivity index (χ0n) is 15.5. The average molecular weight is 398 g/mol. The van der Waals surface area contributed by atoms with Crippen molar-refractivity contribution >= 4 is 17.3 Å². The van der Waals surface area contributed by atoms with E-state index in [0.717, 1.165) is 0 Å². The smallest absolute Gasteiger partial charge is 0.202 e. The van der Waals surface area contributed by atoms with E-state index in [1.807, 2.05) is 0 Å². The number of hydrogen-bond donors (Lipinski definition) is 4. The highest BCUT2D eigenvalue weighted by Crippen LogP contribution is 2.48. The zero-order valence-corrected chi connectivity index (χ0v) is 15.5. The molecule has 0 unspecified atom stereocenters. The van der Waals surface area contributed by atoms with E-state index in [2.05, 4.69) is 0 Å². The molecule has 0 aromatic heterocycles. The molecule has 2 aliphatic rings. The maximum absolute atomic E-state index is 13.1. The van der Waals surface area contributed by atoms with Gasteiger partial charge in [0.05, 0.1) is 23.8 Å². The van der Waals surface area contributed by atoms with Crippen LogP contribution >= 0.6 is 0 Å². The maximum atomic E-state index is 13.1. The number of ketones is 3. The molecular weight excluding hydrogens is 380 g/mol. The monoisotopic (exact) mass is 398 g/mol. The summed E-state index contributed by atoms with van der Waals surface area (Å²) in [5.74, 6) is -2.99. The molecule has 4 N–H and O–H groups in total. The highest BCUT2D eigenvalue weighted by atomic mass is 16.5. The van der Waals surface area contributed by atoms with E-state index in [1.165, 1.54) is 25.3 Å². The fraction of sp³-hybridized carbons (Fsp3) is 0.286. The first-order valence-electron chi connectivity index (χ1n) is 8.97. The van der Waals surface area contributed by atoms with Crippen LogP contribution in [0.5, 0.6) is 17.2 Å². The molecule has 1 atom stereocenters. The molecule has 0 fully saturated rings. The molecule has 0 radical (unpaired) electrons. The van der Waals surface area contributed by atoms with Crippen molar-refractivity contribution in [3.63, 3.8) is 0 Å². The minimum absolute atomic E-state index is 0.00456. The van der Waals surface area contributed by atoms with E-state index in [4.69, 9.17) is 9.84 Å². The van der Waals surface area contributed by atoms with Crippen LogP contribution < -0.4 is 4.74 Å². The van der Waals surface area contributed by atoms with Crippen molar-refractivity contribution in [1.82, 2.24) is 0 Å². The van der Waals surface area contributed by atoms with Crippen molar-refractivity contribution < 1.29 is 39.5 Å². The predicted molar refractivity (Wildman–Crippen MR) is 98.7 cm³/mol. The topological polar surface area (TPSA) is 141 Å². The van der Waals surface area contributed by atoms with Crippen molar-refractivity contribution in [3.8, 4) is 17.2 Å². The van der Waals surface area contributed by atoms with Crippen LogP contribution in [-0.4, -0.2) is 57.1 Å². The number of phenols is 2. The number of carbonyl (C=O) groups excluding carboxylic acids is 3. The van der Waals surface area contributed by atoms with Gasteiger partial charge in [0.1, 0.15) is 29.5 Å². The number of Topliss-reactive ketones (excluding diaryl/α,β-unsaturated/α-hetero) is 1. The van der Waals surface area contributed by atoms with Crippen LogP contribution in [0.1, 0.15) is 49.4 Å². The van der Waals surface area contributed by atoms with Crippen LogP contribution in [0.25, 0.3) is 0 Å². The summed E-state index contributed by atoms with van der Waals surface area (Å²) in [6.07, 6.45) is -0.515. The van der Waals surface area contributed by atoms with Crippen molar-refractivity contribution in [3.05, 3.63) is 51.6 Å². The van der Waals surface area contributed by atoms with E-state index in [0.29, 0.717) is 0 Å². The van der Waals surface area contributed by atoms with E-state index in [-0.39, 0.29) is 58.4 Å². The number of hydrogen-bond acceptors (Lipinski definition) is 8. The van der Waals surface area contributed by atoms with Crippen molar-refractivity contribution in [2.75, 3.05) is 13.7 Å². The fourth-order valence-electron chi connectivity index (χ4n) is 4.21. The number of fused-ring (bicyclic) bond motifs is 3. The number of carbonyl (C=O) groups is 3. The highest BCUT2D eigenvalue weighted by Gasteiger charge is 2.45. The van der Waals surface area contributed by atoms with Gasteiger partial charge in [0.15, 0.2) is 11.6 Å². The van der Waals surface area contributed by atoms with Gasteiger partial charge in [-0.3, -0.25) is 14.4 Å². The molecule has 0 heterocycles. The number of aliphatic hydroxyl groups excluding tert-OH is 1. The summed E-state index contributed by atoms with van der Waals surface area (Å²) in [4.78, 5) is 38.2. The lowest BCUT2D eigenvalue weighted by Crippen LogP contribution is -2.45. The molecule has 0 saturated heterocycles. The second-order valence-electron chi connectivity index (χ2n) is 7.24. The summed E-state index contributed by atoms with van der Waals surface area (Å²) in [5.41, 5.74) is -2.38. The number of rotatable bonds is 3. The van der Waals surface area contributed by atoms with Gasteiger partial charge in [0.2, 0.25) is 5.78 Å². The van der Waals surface area contributed by atoms with Gasteiger partial charge in [0.25, 0.3) is 0 Å². The molecule has 8 heteroatoms. The third kappa shape index (κ3) is 2.49. The molecule has 29 heavy (non-hydrogen) atoms. The number of benzene rings is 2. The lowest BCUT2D eigenvalue weighted by Gasteiger charge is -2.34. The van der Waals surface area contributed by atoms with Crippen LogP contribution in [-0.2, 0) is 17.6 Å². The molecule has 0 amide bonds. The fourth-order valence-corrected chi connectivity index (χ4v) is 4.21. The normalized spacial score (nSPS) is 20.0. The molecule has 2 aromatic rings. The van der Waals surface area contributed by atoms with Crippen molar-refractivity contribution in [2.45, 2.75) is 24.9 Å². The van der Waals surface area contributed by atoms with Crippen molar-refractivity contribution in [1.29, 1.82) is 0 Å². The Morgan fingerprint density at radius 3 is 2.38 bits per heavy atom. The van der Waals surface area contributed by atoms with E-state index in [1.54, 1.807) is 0 Å². The quantitative estimate of drug-likeness (QED) is 0.472. The predicted octanol–water partition coefficient (Wildman–Crippen LogP) is 0.663. The first-order valence-corrected chi connectivity index (χ1v) is 8.97. The van der Waals surface area contributed by atoms with Gasteiger partial charge in [-0.15, -0.1) is 0 Å². The minimum atomic E-state index is -1.93. The van der Waals surface area contributed by atoms with Gasteiger partial charge < -0.3 is 25.2 Å². The third-order valence-electron chi connectivity index (χ3n) is 5.75. The summed E-state index contributed by atoms with van der Waals surface area (Å²) >= 11 is 0. The Bertz CT molecular complexity index is 1100. The second-order valence-corrected chi connectivity index (χ2v) is 7.24. The molecule has 8 nitrogen and oxygen atoms in total. The van der Waals surface area contributed by atoms with Crippen LogP contribution in [0.15, 0.2) is 18.2 Å². The third-order valence-corrected chi connectivity index (χ3v) is 5.75. The molecule has 2 aromatic carbocycles. The first kappa shape index (κ1) is 19.1. The Balaban J connectivity index is 1.97. The Labute approximate surface area is 165 Å². The van der Waals surface area contributed by atoms with E-state index < -0.39 is 41.1 Å². The van der Waals surface area contributed by atoms with Gasteiger partial charge in [0, 0.05) is 23.1 Å². The largest absolute Gasteiger partial charge is 0.507 e. The summed E-state index contributed by atoms with van der Waals surface area (Å²) in [6.45, 7) is -0.881. The Morgan fingerprint density at radius 1 is 1.07 bits per heavy atom. The maximum Gasteiger partial charge on any atom is 0.202 e. The Morgan fingerprint density at radius 2 is 1.72 bits per heavy atom. The summed E-state index contributed by atoms with van der Waals surface area (Å²) in [5, 5.41) is 41.3. The van der Waals surface area contributed by atoms with Crippen LogP contribution in [0.3, 0.4) is 0 Å². The van der Waals surface area contributed by atoms with Gasteiger partial charge in [-0.25, -0.2) is 0 Å². The first-order chi connectivity index (χ1) is 13.7. The molecule has 2 aliphatic carbocycles. The second kappa shape index (κ2) is 6.40. The van der Waals surface area contributed by atoms with Gasteiger partial charge in [-0.05, 0) is 18.9 Å². The standard InChI is InChI=1S/C21H18O8/c1-29-12-4-2-3-10-14(12)20(27)16-15(18(10)25)19(26)11-7-21(28,13(23)8-22)6-5-9(11)17(16)24/h2-4,22,24,26,28H,5-8H2,1H3/t21-/m0/s1. The molecule has 0 aliphatic heterocycles. The summed E-state index contributed by atoms with van der Waals surface area (Å²) in [6, 6.07) is 4.47. The van der Waals surface area contributed by atoms with E-state index >= 15 is 0 Å². The van der Waals surface area contributed by atoms with Crippen LogP contribution in [0.2, 0.25) is 0 Å². The summed E-state index contributed by atoms with van der Waals surface area (Å²) in [7, 11) is 1.35. The highest BCUT2D eigenvalue weighted by molar-refractivity contribution is 6.31. The molecule has 0 saturated carbocycles. The molecule has 4 rings (SSSR count). The lowest BCUT2D eigenvalue weighted by atomic mass is 9.73. The minimum Gasteiger partial charge on any atom is -0.507 e. The van der Waals surface area contributed by atoms with Crippen LogP contribution in [0.4, 0.5) is 0 Å². The summed E-state index contributed by atoms with van der Waals surface area (Å²) < 4.78 is 5.18. The van der Waals surface area contributed by atoms with Gasteiger partial charge >= 0.3 is 0 Å². The average Bonchev–Trinajstić information content (AvgIpc) is 2.73. The number of ether oxygens (including phenoxy) is 1. The Hall–Kier alpha value is -3.23. The zero-order chi connectivity index (χ0) is 21.1. The number of phenolic OH excluding ortho intramolecular Hbond substituents is 2. The molecule has 0 spiro atoms. The molecule has 150 valence electrons. The molecule has 0 bridgehead atoms. The number of aliphatic hydroxyl groups is 2. The number of methoxy groups -OCH3 is 1. The lowest BCUT2D eigenvalue weighted by molar-refractivity contribution is -0.141. The van der Waals surface area contributed by atoms with Gasteiger partial charge in [-0.2, -0.15) is 0 Å². The van der Waals surface area contributed by atoms with E-state index in [9.17, 15) is 29.7 Å². The number of aromatic hydroxyl groups is 2. The Kier molecular flexibility index (Phi) is 4.21. The van der Waals surface area contributed by atoms with Gasteiger partial charge in [-0.1, -0.05) is 12.1 Å².